The lowest BCUT2D eigenvalue weighted by atomic mass is 10.2. The van der Waals surface area contributed by atoms with Gasteiger partial charge in [0.25, 0.3) is 11.7 Å². The van der Waals surface area contributed by atoms with Crippen molar-refractivity contribution in [3.63, 3.8) is 0 Å². The Balaban J connectivity index is 1.25. The number of ether oxygens (including phenoxy) is 3. The van der Waals surface area contributed by atoms with Crippen molar-refractivity contribution in [2.45, 2.75) is 45.0 Å². The summed E-state index contributed by atoms with van der Waals surface area (Å²) in [6.07, 6.45) is 4.02. The Morgan fingerprint density at radius 3 is 2.80 bits per heavy atom. The molecule has 1 aromatic heterocycles. The molecular formula is C23H22N2O4S. The minimum absolute atomic E-state index is 0.209. The van der Waals surface area contributed by atoms with Gasteiger partial charge in [0, 0.05) is 35.5 Å². The van der Waals surface area contributed by atoms with E-state index in [1.54, 1.807) is 29.5 Å². The summed E-state index contributed by atoms with van der Waals surface area (Å²) in [5.74, 6) is 1.33. The van der Waals surface area contributed by atoms with Gasteiger partial charge in [-0.25, -0.2) is 4.98 Å². The normalized spacial score (nSPS) is 16.0. The van der Waals surface area contributed by atoms with E-state index in [2.05, 4.69) is 10.3 Å². The fourth-order valence-electron chi connectivity index (χ4n) is 3.85. The number of amides is 1. The zero-order valence-electron chi connectivity index (χ0n) is 16.6. The smallest absolute Gasteiger partial charge is 0.255 e. The molecule has 30 heavy (non-hydrogen) atoms. The van der Waals surface area contributed by atoms with Crippen LogP contribution in [0.25, 0.3) is 0 Å². The number of fused-ring (bicyclic) bond motifs is 1. The molecule has 0 atom stereocenters. The number of thiazole rings is 1. The number of benzene rings is 2. The molecule has 2 aromatic carbocycles. The van der Waals surface area contributed by atoms with E-state index < -0.39 is 5.79 Å². The first kappa shape index (κ1) is 18.9. The molecule has 2 heterocycles. The zero-order chi connectivity index (χ0) is 20.6. The van der Waals surface area contributed by atoms with Crippen LogP contribution in [0.15, 0.2) is 47.8 Å². The highest BCUT2D eigenvalue weighted by Gasteiger charge is 2.44. The molecule has 2 aliphatic rings. The van der Waals surface area contributed by atoms with E-state index in [0.29, 0.717) is 29.4 Å². The van der Waals surface area contributed by atoms with Crippen LogP contribution in [0.4, 0.5) is 5.69 Å². The van der Waals surface area contributed by atoms with Crippen LogP contribution in [0, 0.1) is 6.92 Å². The Kier molecular flexibility index (Phi) is 4.83. The van der Waals surface area contributed by atoms with Gasteiger partial charge < -0.3 is 19.5 Å². The number of anilines is 1. The number of hydrogen-bond donors (Lipinski definition) is 1. The molecule has 0 radical (unpaired) electrons. The Labute approximate surface area is 178 Å². The van der Waals surface area contributed by atoms with E-state index in [1.807, 2.05) is 36.6 Å². The SMILES string of the molecule is Cc1nc(COc2cccc(C(=O)Nc3ccc4c(c3)OC3(CCCC3)O4)c2)cs1. The van der Waals surface area contributed by atoms with Crippen molar-refractivity contribution in [1.82, 2.24) is 4.98 Å². The maximum atomic E-state index is 12.7. The topological polar surface area (TPSA) is 69.7 Å². The van der Waals surface area contributed by atoms with Gasteiger partial charge in [0.05, 0.1) is 10.7 Å². The monoisotopic (exact) mass is 422 g/mol. The Morgan fingerprint density at radius 2 is 2.00 bits per heavy atom. The number of carbonyl (C=O) groups excluding carboxylic acids is 1. The van der Waals surface area contributed by atoms with Gasteiger partial charge in [-0.3, -0.25) is 4.79 Å². The molecule has 154 valence electrons. The molecule has 1 N–H and O–H groups in total. The molecule has 7 heteroatoms. The molecule has 1 aliphatic carbocycles. The fraction of sp³-hybridized carbons (Fsp3) is 0.304. The minimum Gasteiger partial charge on any atom is -0.487 e. The molecular weight excluding hydrogens is 400 g/mol. The number of nitrogens with one attached hydrogen (secondary N) is 1. The van der Waals surface area contributed by atoms with Gasteiger partial charge in [0.15, 0.2) is 11.5 Å². The first-order valence-corrected chi connectivity index (χ1v) is 10.9. The molecule has 0 unspecified atom stereocenters. The van der Waals surface area contributed by atoms with Gasteiger partial charge in [-0.15, -0.1) is 11.3 Å². The first-order chi connectivity index (χ1) is 14.6. The maximum Gasteiger partial charge on any atom is 0.255 e. The quantitative estimate of drug-likeness (QED) is 0.602. The van der Waals surface area contributed by atoms with Crippen LogP contribution in [0.3, 0.4) is 0 Å². The summed E-state index contributed by atoms with van der Waals surface area (Å²) in [5, 5.41) is 5.91. The summed E-state index contributed by atoms with van der Waals surface area (Å²) in [7, 11) is 0. The van der Waals surface area contributed by atoms with E-state index in [0.717, 1.165) is 42.1 Å². The molecule has 1 amide bonds. The molecule has 0 saturated heterocycles. The second kappa shape index (κ2) is 7.65. The van der Waals surface area contributed by atoms with Crippen molar-refractivity contribution < 1.29 is 19.0 Å². The standard InChI is InChI=1S/C23H22N2O4S/c1-15-24-18(14-30-15)13-27-19-6-4-5-16(11-19)22(26)25-17-7-8-20-21(12-17)29-23(28-20)9-2-3-10-23/h4-8,11-12,14H,2-3,9-10,13H2,1H3,(H,25,26). The van der Waals surface area contributed by atoms with Crippen LogP contribution < -0.4 is 19.5 Å². The average molecular weight is 423 g/mol. The van der Waals surface area contributed by atoms with Crippen molar-refractivity contribution in [3.8, 4) is 17.2 Å². The van der Waals surface area contributed by atoms with Gasteiger partial charge >= 0.3 is 0 Å². The van der Waals surface area contributed by atoms with Crippen molar-refractivity contribution >= 4 is 22.9 Å². The number of aryl methyl sites for hydroxylation is 1. The summed E-state index contributed by atoms with van der Waals surface area (Å²) in [6.45, 7) is 2.34. The second-order valence-corrected chi connectivity index (χ2v) is 8.67. The summed E-state index contributed by atoms with van der Waals surface area (Å²) < 4.78 is 17.9. The van der Waals surface area contributed by atoms with Gasteiger partial charge in [-0.05, 0) is 50.1 Å². The highest BCUT2D eigenvalue weighted by atomic mass is 32.1. The number of nitrogens with zero attached hydrogens (tertiary/aromatic N) is 1. The molecule has 1 fully saturated rings. The lowest BCUT2D eigenvalue weighted by Gasteiger charge is -2.21. The van der Waals surface area contributed by atoms with E-state index in [9.17, 15) is 4.79 Å². The first-order valence-electron chi connectivity index (χ1n) is 10.1. The summed E-state index contributed by atoms with van der Waals surface area (Å²) >= 11 is 1.59. The summed E-state index contributed by atoms with van der Waals surface area (Å²) in [4.78, 5) is 17.1. The van der Waals surface area contributed by atoms with E-state index in [-0.39, 0.29) is 5.91 Å². The van der Waals surface area contributed by atoms with Crippen LogP contribution in [0.1, 0.15) is 46.7 Å². The van der Waals surface area contributed by atoms with Crippen molar-refractivity contribution in [2.24, 2.45) is 0 Å². The molecule has 1 saturated carbocycles. The lowest BCUT2D eigenvalue weighted by molar-refractivity contribution is -0.0716. The highest BCUT2D eigenvalue weighted by molar-refractivity contribution is 7.09. The third-order valence-corrected chi connectivity index (χ3v) is 6.13. The Morgan fingerprint density at radius 1 is 1.17 bits per heavy atom. The van der Waals surface area contributed by atoms with Crippen molar-refractivity contribution in [2.75, 3.05) is 5.32 Å². The van der Waals surface area contributed by atoms with Crippen LogP contribution in [0.2, 0.25) is 0 Å². The predicted molar refractivity (Wildman–Crippen MR) is 114 cm³/mol. The molecule has 0 bridgehead atoms. The number of hydrogen-bond acceptors (Lipinski definition) is 6. The van der Waals surface area contributed by atoms with Crippen LogP contribution >= 0.6 is 11.3 Å². The van der Waals surface area contributed by atoms with Crippen LogP contribution in [-0.2, 0) is 6.61 Å². The molecule has 6 nitrogen and oxygen atoms in total. The second-order valence-electron chi connectivity index (χ2n) is 7.61. The Hall–Kier alpha value is -3.06. The van der Waals surface area contributed by atoms with E-state index in [4.69, 9.17) is 14.2 Å². The third-order valence-electron chi connectivity index (χ3n) is 5.31. The van der Waals surface area contributed by atoms with Crippen molar-refractivity contribution in [1.29, 1.82) is 0 Å². The van der Waals surface area contributed by atoms with Gasteiger partial charge in [-0.2, -0.15) is 0 Å². The summed E-state index contributed by atoms with van der Waals surface area (Å²) in [6, 6.07) is 12.6. The largest absolute Gasteiger partial charge is 0.487 e. The van der Waals surface area contributed by atoms with Gasteiger partial charge in [0.1, 0.15) is 12.4 Å². The van der Waals surface area contributed by atoms with E-state index >= 15 is 0 Å². The van der Waals surface area contributed by atoms with E-state index in [1.165, 1.54) is 0 Å². The van der Waals surface area contributed by atoms with Crippen LogP contribution in [0.5, 0.6) is 17.2 Å². The average Bonchev–Trinajstić information content (AvgIpc) is 3.46. The highest BCUT2D eigenvalue weighted by Crippen LogP contribution is 2.47. The molecule has 3 aromatic rings. The zero-order valence-corrected chi connectivity index (χ0v) is 17.5. The van der Waals surface area contributed by atoms with Crippen molar-refractivity contribution in [3.05, 3.63) is 64.1 Å². The number of carbonyl (C=O) groups is 1. The Bertz CT molecular complexity index is 1090. The third kappa shape index (κ3) is 3.85. The molecule has 1 aliphatic heterocycles. The predicted octanol–water partition coefficient (Wildman–Crippen LogP) is 5.32. The summed E-state index contributed by atoms with van der Waals surface area (Å²) in [5.41, 5.74) is 2.07. The number of rotatable bonds is 5. The maximum absolute atomic E-state index is 12.7. The number of aromatic nitrogens is 1. The minimum atomic E-state index is -0.507. The van der Waals surface area contributed by atoms with Gasteiger partial charge in [-0.1, -0.05) is 6.07 Å². The van der Waals surface area contributed by atoms with Gasteiger partial charge in [0.2, 0.25) is 0 Å². The molecule has 5 rings (SSSR count). The fourth-order valence-corrected chi connectivity index (χ4v) is 4.45. The lowest BCUT2D eigenvalue weighted by Crippen LogP contribution is -2.34. The van der Waals surface area contributed by atoms with Crippen LogP contribution in [-0.4, -0.2) is 16.7 Å². The molecule has 1 spiro atoms.